The molecule has 0 heterocycles. The van der Waals surface area contributed by atoms with E-state index in [0.717, 1.165) is 9.87 Å². The number of amides is 2. The number of carbonyl (C=O) groups is 2. The van der Waals surface area contributed by atoms with Crippen LogP contribution < -0.4 is 14.4 Å². The summed E-state index contributed by atoms with van der Waals surface area (Å²) < 4.78 is 34.7. The van der Waals surface area contributed by atoms with Crippen LogP contribution in [0.2, 0.25) is 0 Å². The van der Waals surface area contributed by atoms with Crippen LogP contribution >= 0.6 is 15.9 Å². The van der Waals surface area contributed by atoms with Crippen LogP contribution in [0.25, 0.3) is 0 Å². The number of ether oxygens (including phenoxy) is 1. The van der Waals surface area contributed by atoms with E-state index in [-0.39, 0.29) is 23.3 Å². The third kappa shape index (κ3) is 8.08. The van der Waals surface area contributed by atoms with Gasteiger partial charge in [-0.1, -0.05) is 73.1 Å². The van der Waals surface area contributed by atoms with Crippen LogP contribution in [0, 0.1) is 5.92 Å². The number of anilines is 1. The lowest BCUT2D eigenvalue weighted by Gasteiger charge is -2.33. The van der Waals surface area contributed by atoms with Crippen molar-refractivity contribution in [2.75, 3.05) is 24.5 Å². The largest absolute Gasteiger partial charge is 0.497 e. The zero-order valence-electron chi connectivity index (χ0n) is 23.2. The highest BCUT2D eigenvalue weighted by atomic mass is 79.9. The molecule has 0 aliphatic carbocycles. The van der Waals surface area contributed by atoms with Gasteiger partial charge in [-0.15, -0.1) is 0 Å². The van der Waals surface area contributed by atoms with E-state index in [2.05, 4.69) is 21.2 Å². The lowest BCUT2D eigenvalue weighted by Crippen LogP contribution is -2.52. The van der Waals surface area contributed by atoms with E-state index in [4.69, 9.17) is 4.74 Å². The van der Waals surface area contributed by atoms with Crippen LogP contribution in [0.1, 0.15) is 32.8 Å². The minimum Gasteiger partial charge on any atom is -0.497 e. The van der Waals surface area contributed by atoms with Gasteiger partial charge in [0.15, 0.2) is 0 Å². The summed E-state index contributed by atoms with van der Waals surface area (Å²) in [6, 6.07) is 21.2. The van der Waals surface area contributed by atoms with Gasteiger partial charge >= 0.3 is 0 Å². The molecule has 1 N–H and O–H groups in total. The number of methoxy groups -OCH3 is 1. The Morgan fingerprint density at radius 2 is 1.65 bits per heavy atom. The van der Waals surface area contributed by atoms with Crippen LogP contribution in [0.3, 0.4) is 0 Å². The van der Waals surface area contributed by atoms with Crippen molar-refractivity contribution in [3.05, 3.63) is 88.9 Å². The number of hydrogen-bond donors (Lipinski definition) is 1. The Labute approximate surface area is 245 Å². The van der Waals surface area contributed by atoms with Crippen LogP contribution in [0.4, 0.5) is 5.69 Å². The Balaban J connectivity index is 2.03. The molecule has 3 aromatic carbocycles. The third-order valence-electron chi connectivity index (χ3n) is 6.29. The Morgan fingerprint density at radius 3 is 2.23 bits per heavy atom. The SMILES string of the molecule is CC[C@H](C(=O)NCC(C)C)N(Cc1ccc(OC)cc1)C(=O)CN(c1cccc(Br)c1)S(=O)(=O)c1ccccc1. The van der Waals surface area contributed by atoms with Crippen LogP contribution in [-0.4, -0.2) is 51.4 Å². The second kappa shape index (κ2) is 14.3. The average Bonchev–Trinajstić information content (AvgIpc) is 2.95. The minimum atomic E-state index is -4.11. The predicted molar refractivity (Wildman–Crippen MR) is 161 cm³/mol. The molecule has 3 rings (SSSR count). The number of halogens is 1. The second-order valence-electron chi connectivity index (χ2n) is 9.74. The van der Waals surface area contributed by atoms with Gasteiger partial charge in [-0.05, 0) is 60.4 Å². The van der Waals surface area contributed by atoms with Crippen LogP contribution in [0.5, 0.6) is 5.75 Å². The fourth-order valence-corrected chi connectivity index (χ4v) is 5.96. The molecule has 8 nitrogen and oxygen atoms in total. The molecule has 0 saturated heterocycles. The first-order valence-electron chi connectivity index (χ1n) is 13.1. The predicted octanol–water partition coefficient (Wildman–Crippen LogP) is 5.23. The van der Waals surface area contributed by atoms with Gasteiger partial charge in [0.05, 0.1) is 17.7 Å². The topological polar surface area (TPSA) is 96.0 Å². The number of carbonyl (C=O) groups excluding carboxylic acids is 2. The molecule has 0 radical (unpaired) electrons. The second-order valence-corrected chi connectivity index (χ2v) is 12.5. The molecule has 0 bridgehead atoms. The summed E-state index contributed by atoms with van der Waals surface area (Å²) in [6.45, 7) is 5.91. The van der Waals surface area contributed by atoms with E-state index >= 15 is 0 Å². The summed E-state index contributed by atoms with van der Waals surface area (Å²) in [5, 5.41) is 2.93. The highest BCUT2D eigenvalue weighted by molar-refractivity contribution is 9.10. The van der Waals surface area contributed by atoms with Gasteiger partial charge in [0.2, 0.25) is 11.8 Å². The van der Waals surface area contributed by atoms with E-state index in [1.54, 1.807) is 61.7 Å². The Kier molecular flexibility index (Phi) is 11.2. The van der Waals surface area contributed by atoms with Crippen molar-refractivity contribution in [1.29, 1.82) is 0 Å². The normalized spacial score (nSPS) is 12.1. The smallest absolute Gasteiger partial charge is 0.264 e. The van der Waals surface area contributed by atoms with Gasteiger partial charge in [-0.25, -0.2) is 8.42 Å². The van der Waals surface area contributed by atoms with Crippen LogP contribution in [0.15, 0.2) is 88.2 Å². The number of sulfonamides is 1. The molecule has 0 unspecified atom stereocenters. The number of nitrogens with zero attached hydrogens (tertiary/aromatic N) is 2. The number of hydrogen-bond acceptors (Lipinski definition) is 5. The minimum absolute atomic E-state index is 0.0613. The van der Waals surface area contributed by atoms with Crippen molar-refractivity contribution in [3.8, 4) is 5.75 Å². The maximum atomic E-state index is 14.1. The number of benzene rings is 3. The van der Waals surface area contributed by atoms with E-state index < -0.39 is 28.5 Å². The molecule has 214 valence electrons. The Morgan fingerprint density at radius 1 is 0.975 bits per heavy atom. The van der Waals surface area contributed by atoms with E-state index in [1.165, 1.54) is 17.0 Å². The van der Waals surface area contributed by atoms with Gasteiger partial charge < -0.3 is 15.0 Å². The average molecular weight is 631 g/mol. The van der Waals surface area contributed by atoms with Crippen molar-refractivity contribution < 1.29 is 22.7 Å². The zero-order chi connectivity index (χ0) is 29.3. The third-order valence-corrected chi connectivity index (χ3v) is 8.57. The van der Waals surface area contributed by atoms with Gasteiger partial charge in [-0.2, -0.15) is 0 Å². The van der Waals surface area contributed by atoms with E-state index in [1.807, 2.05) is 32.9 Å². The molecule has 0 saturated carbocycles. The fourth-order valence-electron chi connectivity index (χ4n) is 4.15. The van der Waals surface area contributed by atoms with Gasteiger partial charge in [0.1, 0.15) is 18.3 Å². The number of rotatable bonds is 13. The molecule has 0 aliphatic rings. The summed E-state index contributed by atoms with van der Waals surface area (Å²) in [4.78, 5) is 28.9. The van der Waals surface area contributed by atoms with E-state index in [0.29, 0.717) is 28.9 Å². The molecule has 0 aliphatic heterocycles. The quantitative estimate of drug-likeness (QED) is 0.279. The Hall–Kier alpha value is -3.37. The number of nitrogens with one attached hydrogen (secondary N) is 1. The first kappa shape index (κ1) is 31.2. The maximum absolute atomic E-state index is 14.1. The van der Waals surface area contributed by atoms with Crippen molar-refractivity contribution in [1.82, 2.24) is 10.2 Å². The highest BCUT2D eigenvalue weighted by Crippen LogP contribution is 2.27. The molecule has 0 spiro atoms. The highest BCUT2D eigenvalue weighted by Gasteiger charge is 2.33. The molecule has 0 aromatic heterocycles. The summed E-state index contributed by atoms with van der Waals surface area (Å²) in [7, 11) is -2.54. The van der Waals surface area contributed by atoms with Gasteiger partial charge in [-0.3, -0.25) is 13.9 Å². The van der Waals surface area contributed by atoms with Crippen molar-refractivity contribution in [2.45, 2.75) is 44.7 Å². The van der Waals surface area contributed by atoms with E-state index in [9.17, 15) is 18.0 Å². The van der Waals surface area contributed by atoms with Crippen molar-refractivity contribution >= 4 is 43.5 Å². The zero-order valence-corrected chi connectivity index (χ0v) is 25.6. The molecule has 2 amide bonds. The standard InChI is InChI=1S/C30H36BrN3O5S/c1-5-28(30(36)32-19-22(2)3)33(20-23-14-16-26(39-4)17-15-23)29(35)21-34(25-11-9-10-24(31)18-25)40(37,38)27-12-7-6-8-13-27/h6-18,22,28H,5,19-21H2,1-4H3,(H,32,36)/t28-/m1/s1. The molecular weight excluding hydrogens is 594 g/mol. The molecular formula is C30H36BrN3O5S. The van der Waals surface area contributed by atoms with Gasteiger partial charge in [0.25, 0.3) is 10.0 Å². The first-order chi connectivity index (χ1) is 19.1. The summed E-state index contributed by atoms with van der Waals surface area (Å²) in [6.07, 6.45) is 0.355. The molecule has 10 heteroatoms. The molecule has 3 aromatic rings. The molecule has 40 heavy (non-hydrogen) atoms. The molecule has 0 fully saturated rings. The fraction of sp³-hybridized carbons (Fsp3) is 0.333. The monoisotopic (exact) mass is 629 g/mol. The maximum Gasteiger partial charge on any atom is 0.264 e. The lowest BCUT2D eigenvalue weighted by molar-refractivity contribution is -0.140. The van der Waals surface area contributed by atoms with Crippen LogP contribution in [-0.2, 0) is 26.2 Å². The Bertz CT molecular complexity index is 1380. The first-order valence-corrected chi connectivity index (χ1v) is 15.3. The summed E-state index contributed by atoms with van der Waals surface area (Å²) in [5.41, 5.74) is 1.11. The van der Waals surface area contributed by atoms with Crippen molar-refractivity contribution in [2.24, 2.45) is 5.92 Å². The van der Waals surface area contributed by atoms with Gasteiger partial charge in [0, 0.05) is 17.6 Å². The van der Waals surface area contributed by atoms with Crippen molar-refractivity contribution in [3.63, 3.8) is 0 Å². The summed E-state index contributed by atoms with van der Waals surface area (Å²) in [5.74, 6) is 0.119. The summed E-state index contributed by atoms with van der Waals surface area (Å²) >= 11 is 3.41. The molecule has 1 atom stereocenters. The lowest BCUT2D eigenvalue weighted by atomic mass is 10.1.